The number of anilines is 1. The second-order valence-corrected chi connectivity index (χ2v) is 6.04. The number of amides is 2. The Hall–Kier alpha value is -1.88. The lowest BCUT2D eigenvalue weighted by Gasteiger charge is -2.22. The van der Waals surface area contributed by atoms with Crippen LogP contribution in [0.2, 0.25) is 0 Å². The van der Waals surface area contributed by atoms with Gasteiger partial charge in [0.15, 0.2) is 0 Å². The molecule has 5 heteroatoms. The lowest BCUT2D eigenvalue weighted by atomic mass is 9.89. The van der Waals surface area contributed by atoms with E-state index in [0.29, 0.717) is 31.0 Å². The Bertz CT molecular complexity index is 527. The standard InChI is InChI=1S/C18H28N2O3/c1-5-18(3,4)17(22)20-15-11-8-7-10-14(15)16(21)19-12-9-13-23-6-2/h7-8,10-11H,5-6,9,12-13H2,1-4H3,(H,19,21)(H,20,22). The molecule has 0 bridgehead atoms. The second kappa shape index (κ2) is 9.30. The summed E-state index contributed by atoms with van der Waals surface area (Å²) in [5, 5.41) is 5.72. The molecule has 1 aromatic carbocycles. The summed E-state index contributed by atoms with van der Waals surface area (Å²) in [5.41, 5.74) is 0.548. The van der Waals surface area contributed by atoms with Crippen molar-refractivity contribution in [3.05, 3.63) is 29.8 Å². The zero-order valence-electron chi connectivity index (χ0n) is 14.6. The number of nitrogens with one attached hydrogen (secondary N) is 2. The first-order valence-electron chi connectivity index (χ1n) is 8.18. The van der Waals surface area contributed by atoms with Crippen molar-refractivity contribution in [3.8, 4) is 0 Å². The maximum atomic E-state index is 12.3. The molecule has 0 aliphatic heterocycles. The van der Waals surface area contributed by atoms with E-state index >= 15 is 0 Å². The van der Waals surface area contributed by atoms with E-state index < -0.39 is 5.41 Å². The Labute approximate surface area is 138 Å². The van der Waals surface area contributed by atoms with Gasteiger partial charge in [-0.15, -0.1) is 0 Å². The Kier molecular flexibility index (Phi) is 7.75. The number of carbonyl (C=O) groups is 2. The van der Waals surface area contributed by atoms with Gasteiger partial charge in [-0.05, 0) is 31.9 Å². The highest BCUT2D eigenvalue weighted by Gasteiger charge is 2.26. The first-order chi connectivity index (χ1) is 10.9. The number of para-hydroxylation sites is 1. The van der Waals surface area contributed by atoms with Crippen molar-refractivity contribution in [2.24, 2.45) is 5.41 Å². The van der Waals surface area contributed by atoms with Crippen LogP contribution in [-0.4, -0.2) is 31.6 Å². The number of benzene rings is 1. The summed E-state index contributed by atoms with van der Waals surface area (Å²) in [7, 11) is 0. The third kappa shape index (κ3) is 6.02. The molecule has 2 N–H and O–H groups in total. The van der Waals surface area contributed by atoms with Crippen molar-refractivity contribution in [1.82, 2.24) is 5.32 Å². The number of hydrogen-bond donors (Lipinski definition) is 2. The van der Waals surface area contributed by atoms with Gasteiger partial charge in [0, 0.05) is 25.2 Å². The van der Waals surface area contributed by atoms with Gasteiger partial charge in [-0.3, -0.25) is 9.59 Å². The van der Waals surface area contributed by atoms with Gasteiger partial charge in [-0.25, -0.2) is 0 Å². The minimum absolute atomic E-state index is 0.0865. The summed E-state index contributed by atoms with van der Waals surface area (Å²) in [5.74, 6) is -0.275. The van der Waals surface area contributed by atoms with Crippen LogP contribution in [0, 0.1) is 5.41 Å². The molecule has 1 rings (SSSR count). The van der Waals surface area contributed by atoms with E-state index in [2.05, 4.69) is 10.6 Å². The van der Waals surface area contributed by atoms with Crippen LogP contribution in [0.25, 0.3) is 0 Å². The number of ether oxygens (including phenoxy) is 1. The Balaban J connectivity index is 2.70. The smallest absolute Gasteiger partial charge is 0.253 e. The molecule has 0 saturated carbocycles. The highest BCUT2D eigenvalue weighted by molar-refractivity contribution is 6.04. The van der Waals surface area contributed by atoms with Crippen LogP contribution in [0.1, 0.15) is 50.9 Å². The Morgan fingerprint density at radius 3 is 2.52 bits per heavy atom. The fourth-order valence-corrected chi connectivity index (χ4v) is 1.86. The maximum absolute atomic E-state index is 12.3. The molecule has 2 amide bonds. The fourth-order valence-electron chi connectivity index (χ4n) is 1.86. The molecule has 128 valence electrons. The van der Waals surface area contributed by atoms with Gasteiger partial charge in [0.05, 0.1) is 11.3 Å². The summed E-state index contributed by atoms with van der Waals surface area (Å²) >= 11 is 0. The topological polar surface area (TPSA) is 67.4 Å². The van der Waals surface area contributed by atoms with Gasteiger partial charge < -0.3 is 15.4 Å². The Morgan fingerprint density at radius 1 is 1.17 bits per heavy atom. The molecule has 23 heavy (non-hydrogen) atoms. The van der Waals surface area contributed by atoms with E-state index in [1.165, 1.54) is 0 Å². The molecule has 5 nitrogen and oxygen atoms in total. The highest BCUT2D eigenvalue weighted by Crippen LogP contribution is 2.23. The highest BCUT2D eigenvalue weighted by atomic mass is 16.5. The zero-order valence-corrected chi connectivity index (χ0v) is 14.6. The predicted molar refractivity (Wildman–Crippen MR) is 92.6 cm³/mol. The minimum Gasteiger partial charge on any atom is -0.382 e. The Morgan fingerprint density at radius 2 is 1.87 bits per heavy atom. The lowest BCUT2D eigenvalue weighted by molar-refractivity contribution is -0.124. The van der Waals surface area contributed by atoms with Crippen LogP contribution in [0.5, 0.6) is 0 Å². The van der Waals surface area contributed by atoms with Gasteiger partial charge in [0.25, 0.3) is 5.91 Å². The average Bonchev–Trinajstić information content (AvgIpc) is 2.54. The largest absolute Gasteiger partial charge is 0.382 e. The van der Waals surface area contributed by atoms with Gasteiger partial charge in [0.2, 0.25) is 5.91 Å². The van der Waals surface area contributed by atoms with Crippen molar-refractivity contribution in [2.75, 3.05) is 25.1 Å². The first-order valence-corrected chi connectivity index (χ1v) is 8.18. The third-order valence-corrected chi connectivity index (χ3v) is 3.87. The molecule has 0 fully saturated rings. The molecule has 0 heterocycles. The van der Waals surface area contributed by atoms with Gasteiger partial charge >= 0.3 is 0 Å². The molecule has 0 aromatic heterocycles. The van der Waals surface area contributed by atoms with Crippen LogP contribution in [0.15, 0.2) is 24.3 Å². The molecule has 0 unspecified atom stereocenters. The van der Waals surface area contributed by atoms with Crippen molar-refractivity contribution in [2.45, 2.75) is 40.5 Å². The van der Waals surface area contributed by atoms with E-state index in [-0.39, 0.29) is 11.8 Å². The summed E-state index contributed by atoms with van der Waals surface area (Å²) in [4.78, 5) is 24.6. The third-order valence-electron chi connectivity index (χ3n) is 3.87. The van der Waals surface area contributed by atoms with E-state index in [4.69, 9.17) is 4.74 Å². The van der Waals surface area contributed by atoms with Crippen molar-refractivity contribution < 1.29 is 14.3 Å². The van der Waals surface area contributed by atoms with Crippen LogP contribution >= 0.6 is 0 Å². The molecule has 0 aliphatic carbocycles. The first kappa shape index (κ1) is 19.2. The van der Waals surface area contributed by atoms with E-state index in [0.717, 1.165) is 12.8 Å². The number of carbonyl (C=O) groups excluding carboxylic acids is 2. The zero-order chi connectivity index (χ0) is 17.3. The van der Waals surface area contributed by atoms with Gasteiger partial charge in [0.1, 0.15) is 0 Å². The van der Waals surface area contributed by atoms with Crippen LogP contribution in [0.4, 0.5) is 5.69 Å². The normalized spacial score (nSPS) is 11.1. The van der Waals surface area contributed by atoms with Crippen molar-refractivity contribution in [1.29, 1.82) is 0 Å². The molecular weight excluding hydrogens is 292 g/mol. The molecule has 0 spiro atoms. The molecule has 1 aromatic rings. The average molecular weight is 320 g/mol. The maximum Gasteiger partial charge on any atom is 0.253 e. The molecular formula is C18H28N2O3. The second-order valence-electron chi connectivity index (χ2n) is 6.04. The van der Waals surface area contributed by atoms with E-state index in [9.17, 15) is 9.59 Å². The fraction of sp³-hybridized carbons (Fsp3) is 0.556. The van der Waals surface area contributed by atoms with Crippen LogP contribution in [0.3, 0.4) is 0 Å². The summed E-state index contributed by atoms with van der Waals surface area (Å²) < 4.78 is 5.24. The van der Waals surface area contributed by atoms with Crippen LogP contribution < -0.4 is 10.6 Å². The predicted octanol–water partition coefficient (Wildman–Crippen LogP) is 3.22. The van der Waals surface area contributed by atoms with E-state index in [1.807, 2.05) is 27.7 Å². The van der Waals surface area contributed by atoms with E-state index in [1.54, 1.807) is 24.3 Å². The molecule has 0 aliphatic rings. The summed E-state index contributed by atoms with van der Waals surface area (Å²) in [6, 6.07) is 7.06. The monoisotopic (exact) mass is 320 g/mol. The SMILES string of the molecule is CCOCCCNC(=O)c1ccccc1NC(=O)C(C)(C)CC. The van der Waals surface area contributed by atoms with Crippen LogP contribution in [-0.2, 0) is 9.53 Å². The van der Waals surface area contributed by atoms with Gasteiger partial charge in [-0.2, -0.15) is 0 Å². The summed E-state index contributed by atoms with van der Waals surface area (Å²) in [6.45, 7) is 9.53. The lowest BCUT2D eigenvalue weighted by Crippen LogP contribution is -2.32. The summed E-state index contributed by atoms with van der Waals surface area (Å²) in [6.07, 6.45) is 1.49. The van der Waals surface area contributed by atoms with Crippen molar-refractivity contribution >= 4 is 17.5 Å². The molecule has 0 radical (unpaired) electrons. The molecule has 0 atom stereocenters. The van der Waals surface area contributed by atoms with Crippen molar-refractivity contribution in [3.63, 3.8) is 0 Å². The molecule has 0 saturated heterocycles. The number of rotatable bonds is 9. The minimum atomic E-state index is -0.471. The quantitative estimate of drug-likeness (QED) is 0.687. The number of hydrogen-bond acceptors (Lipinski definition) is 3. The van der Waals surface area contributed by atoms with Gasteiger partial charge in [-0.1, -0.05) is 32.9 Å².